The van der Waals surface area contributed by atoms with E-state index in [9.17, 15) is 0 Å². The number of aryl methyl sites for hydroxylation is 1. The SMILES string of the molecule is C#Cc1cn(-c2ccc(C)nc2)cn1. The molecule has 68 valence electrons. The molecule has 2 aromatic heterocycles. The highest BCUT2D eigenvalue weighted by Gasteiger charge is 1.98. The summed E-state index contributed by atoms with van der Waals surface area (Å²) in [6, 6.07) is 3.93. The van der Waals surface area contributed by atoms with E-state index in [1.807, 2.05) is 23.6 Å². The standard InChI is InChI=1S/C11H9N3/c1-3-10-7-14(8-13-10)11-5-4-9(2)12-6-11/h1,4-8H,2H3. The van der Waals surface area contributed by atoms with Crippen LogP contribution in [0, 0.1) is 19.3 Å². The number of nitrogens with zero attached hydrogens (tertiary/aromatic N) is 3. The Kier molecular flexibility index (Phi) is 2.04. The number of imidazole rings is 1. The summed E-state index contributed by atoms with van der Waals surface area (Å²) >= 11 is 0. The number of hydrogen-bond acceptors (Lipinski definition) is 2. The van der Waals surface area contributed by atoms with Gasteiger partial charge in [-0.2, -0.15) is 0 Å². The molecule has 2 heterocycles. The molecule has 3 heteroatoms. The average molecular weight is 183 g/mol. The first-order valence-electron chi connectivity index (χ1n) is 4.23. The summed E-state index contributed by atoms with van der Waals surface area (Å²) in [7, 11) is 0. The minimum Gasteiger partial charge on any atom is -0.303 e. The largest absolute Gasteiger partial charge is 0.303 e. The summed E-state index contributed by atoms with van der Waals surface area (Å²) in [5.41, 5.74) is 2.58. The highest BCUT2D eigenvalue weighted by molar-refractivity contribution is 5.32. The molecule has 0 radical (unpaired) electrons. The second kappa shape index (κ2) is 3.35. The topological polar surface area (TPSA) is 30.7 Å². The van der Waals surface area contributed by atoms with Crippen molar-refractivity contribution in [1.82, 2.24) is 14.5 Å². The third-order valence-electron chi connectivity index (χ3n) is 1.92. The Hall–Kier alpha value is -2.08. The molecule has 0 aliphatic heterocycles. The van der Waals surface area contributed by atoms with Gasteiger partial charge in [-0.15, -0.1) is 6.42 Å². The first kappa shape index (κ1) is 8.52. The van der Waals surface area contributed by atoms with E-state index >= 15 is 0 Å². The van der Waals surface area contributed by atoms with Crippen LogP contribution in [0.4, 0.5) is 0 Å². The third kappa shape index (κ3) is 1.50. The maximum Gasteiger partial charge on any atom is 0.131 e. The van der Waals surface area contributed by atoms with E-state index in [1.165, 1.54) is 0 Å². The predicted molar refractivity (Wildman–Crippen MR) is 54.0 cm³/mol. The number of terminal acetylenes is 1. The summed E-state index contributed by atoms with van der Waals surface area (Å²) < 4.78 is 1.85. The van der Waals surface area contributed by atoms with Crippen molar-refractivity contribution in [2.24, 2.45) is 0 Å². The van der Waals surface area contributed by atoms with Crippen molar-refractivity contribution in [2.75, 3.05) is 0 Å². The molecule has 0 atom stereocenters. The second-order valence-electron chi connectivity index (χ2n) is 2.97. The van der Waals surface area contributed by atoms with Crippen molar-refractivity contribution in [2.45, 2.75) is 6.92 Å². The van der Waals surface area contributed by atoms with E-state index in [2.05, 4.69) is 15.9 Å². The molecule has 0 bridgehead atoms. The second-order valence-corrected chi connectivity index (χ2v) is 2.97. The molecule has 0 N–H and O–H groups in total. The quantitative estimate of drug-likeness (QED) is 0.628. The summed E-state index contributed by atoms with van der Waals surface area (Å²) in [6.07, 6.45) is 10.5. The maximum atomic E-state index is 5.22. The summed E-state index contributed by atoms with van der Waals surface area (Å²) in [4.78, 5) is 8.22. The van der Waals surface area contributed by atoms with Gasteiger partial charge < -0.3 is 4.57 Å². The van der Waals surface area contributed by atoms with Gasteiger partial charge in [0.25, 0.3) is 0 Å². The van der Waals surface area contributed by atoms with Gasteiger partial charge >= 0.3 is 0 Å². The molecule has 0 unspecified atom stereocenters. The Bertz CT molecular complexity index is 474. The van der Waals surface area contributed by atoms with Crippen LogP contribution in [0.15, 0.2) is 30.9 Å². The molecule has 0 saturated carbocycles. The lowest BCUT2D eigenvalue weighted by molar-refractivity contribution is 1.03. The molecule has 0 aliphatic carbocycles. The van der Waals surface area contributed by atoms with Crippen LogP contribution in [0.25, 0.3) is 5.69 Å². The predicted octanol–water partition coefficient (Wildman–Crippen LogP) is 1.56. The molecule has 0 aliphatic rings. The molecule has 0 fully saturated rings. The lowest BCUT2D eigenvalue weighted by Gasteiger charge is -2.00. The van der Waals surface area contributed by atoms with Crippen molar-refractivity contribution in [1.29, 1.82) is 0 Å². The van der Waals surface area contributed by atoms with Crippen molar-refractivity contribution < 1.29 is 0 Å². The molecular formula is C11H9N3. The highest BCUT2D eigenvalue weighted by atomic mass is 15.0. The van der Waals surface area contributed by atoms with E-state index < -0.39 is 0 Å². The number of pyridine rings is 1. The van der Waals surface area contributed by atoms with Crippen molar-refractivity contribution in [3.05, 3.63) is 42.2 Å². The Morgan fingerprint density at radius 3 is 2.79 bits per heavy atom. The molecule has 14 heavy (non-hydrogen) atoms. The van der Waals surface area contributed by atoms with Crippen LogP contribution < -0.4 is 0 Å². The van der Waals surface area contributed by atoms with E-state index in [0.717, 1.165) is 11.4 Å². The molecule has 0 spiro atoms. The van der Waals surface area contributed by atoms with Crippen LogP contribution in [0.5, 0.6) is 0 Å². The normalized spacial score (nSPS) is 9.71. The summed E-state index contributed by atoms with van der Waals surface area (Å²) in [6.45, 7) is 1.95. The molecule has 3 nitrogen and oxygen atoms in total. The van der Waals surface area contributed by atoms with E-state index in [4.69, 9.17) is 6.42 Å². The van der Waals surface area contributed by atoms with Crippen LogP contribution in [-0.4, -0.2) is 14.5 Å². The van der Waals surface area contributed by atoms with Gasteiger partial charge in [-0.1, -0.05) is 0 Å². The zero-order valence-electron chi connectivity index (χ0n) is 7.81. The van der Waals surface area contributed by atoms with Crippen LogP contribution in [-0.2, 0) is 0 Å². The van der Waals surface area contributed by atoms with Gasteiger partial charge in [-0.25, -0.2) is 4.98 Å². The minimum atomic E-state index is 0.630. The fourth-order valence-corrected chi connectivity index (χ4v) is 1.15. The zero-order valence-corrected chi connectivity index (χ0v) is 7.81. The monoisotopic (exact) mass is 183 g/mol. The summed E-state index contributed by atoms with van der Waals surface area (Å²) in [5.74, 6) is 2.48. The van der Waals surface area contributed by atoms with Crippen LogP contribution >= 0.6 is 0 Å². The Morgan fingerprint density at radius 1 is 1.36 bits per heavy atom. The first-order chi connectivity index (χ1) is 6.79. The Balaban J connectivity index is 2.40. The van der Waals surface area contributed by atoms with Gasteiger partial charge in [0, 0.05) is 11.9 Å². The first-order valence-corrected chi connectivity index (χ1v) is 4.23. The van der Waals surface area contributed by atoms with Crippen LogP contribution in [0.1, 0.15) is 11.4 Å². The Labute approximate surface area is 82.4 Å². The van der Waals surface area contributed by atoms with Crippen molar-refractivity contribution in [3.63, 3.8) is 0 Å². The van der Waals surface area contributed by atoms with Crippen molar-refractivity contribution >= 4 is 0 Å². The van der Waals surface area contributed by atoms with Crippen LogP contribution in [0.3, 0.4) is 0 Å². The van der Waals surface area contributed by atoms with E-state index in [1.54, 1.807) is 18.7 Å². The van der Waals surface area contributed by atoms with Gasteiger partial charge in [-0.05, 0) is 25.0 Å². The van der Waals surface area contributed by atoms with Crippen molar-refractivity contribution in [3.8, 4) is 18.0 Å². The van der Waals surface area contributed by atoms with Gasteiger partial charge in [0.05, 0.1) is 11.9 Å². The zero-order chi connectivity index (χ0) is 9.97. The number of aromatic nitrogens is 3. The van der Waals surface area contributed by atoms with Gasteiger partial charge in [0.2, 0.25) is 0 Å². The lowest BCUT2D eigenvalue weighted by Crippen LogP contribution is -1.91. The maximum absolute atomic E-state index is 5.22. The van der Waals surface area contributed by atoms with Gasteiger partial charge in [0.1, 0.15) is 12.0 Å². The highest BCUT2D eigenvalue weighted by Crippen LogP contribution is 2.07. The minimum absolute atomic E-state index is 0.630. The molecule has 0 aromatic carbocycles. The molecule has 2 rings (SSSR count). The molecule has 0 saturated heterocycles. The fourth-order valence-electron chi connectivity index (χ4n) is 1.15. The summed E-state index contributed by atoms with van der Waals surface area (Å²) in [5, 5.41) is 0. The number of rotatable bonds is 1. The smallest absolute Gasteiger partial charge is 0.131 e. The van der Waals surface area contributed by atoms with E-state index in [0.29, 0.717) is 5.69 Å². The van der Waals surface area contributed by atoms with Gasteiger partial charge in [-0.3, -0.25) is 4.98 Å². The molecule has 0 amide bonds. The average Bonchev–Trinajstić information content (AvgIpc) is 2.67. The lowest BCUT2D eigenvalue weighted by atomic mass is 10.3. The van der Waals surface area contributed by atoms with E-state index in [-0.39, 0.29) is 0 Å². The third-order valence-corrected chi connectivity index (χ3v) is 1.92. The van der Waals surface area contributed by atoms with Crippen LogP contribution in [0.2, 0.25) is 0 Å². The number of hydrogen-bond donors (Lipinski definition) is 0. The van der Waals surface area contributed by atoms with Gasteiger partial charge in [0.15, 0.2) is 0 Å². The molecule has 2 aromatic rings. The Morgan fingerprint density at radius 2 is 2.21 bits per heavy atom. The fraction of sp³-hybridized carbons (Fsp3) is 0.0909. The molecular weight excluding hydrogens is 174 g/mol.